The average Bonchev–Trinajstić information content (AvgIpc) is 2.46. The SMILES string of the molecule is C=C[C@@]1(C)CC=C2[C@@H](CC[C@@H]3[C@](C)(C(=O)O)CCC[C@@]23C)C1. The maximum atomic E-state index is 11.9. The summed E-state index contributed by atoms with van der Waals surface area (Å²) in [4.78, 5) is 11.9. The third kappa shape index (κ3) is 2.10. The summed E-state index contributed by atoms with van der Waals surface area (Å²) in [6, 6.07) is 0. The Kier molecular flexibility index (Phi) is 3.58. The molecule has 2 nitrogen and oxygen atoms in total. The van der Waals surface area contributed by atoms with Crippen molar-refractivity contribution in [2.24, 2.45) is 28.1 Å². The Labute approximate surface area is 134 Å². The van der Waals surface area contributed by atoms with Crippen molar-refractivity contribution in [1.82, 2.24) is 0 Å². The summed E-state index contributed by atoms with van der Waals surface area (Å²) >= 11 is 0. The first kappa shape index (κ1) is 15.8. The second-order valence-corrected chi connectivity index (χ2v) is 8.75. The molecule has 3 aliphatic rings. The van der Waals surface area contributed by atoms with E-state index < -0.39 is 11.4 Å². The average molecular weight is 302 g/mol. The molecule has 2 heteroatoms. The summed E-state index contributed by atoms with van der Waals surface area (Å²) < 4.78 is 0. The van der Waals surface area contributed by atoms with E-state index in [1.807, 2.05) is 6.92 Å². The second-order valence-electron chi connectivity index (χ2n) is 8.75. The van der Waals surface area contributed by atoms with Gasteiger partial charge in [-0.2, -0.15) is 0 Å². The van der Waals surface area contributed by atoms with Gasteiger partial charge in [0.05, 0.1) is 5.41 Å². The van der Waals surface area contributed by atoms with Crippen LogP contribution >= 0.6 is 0 Å². The lowest BCUT2D eigenvalue weighted by atomic mass is 9.46. The van der Waals surface area contributed by atoms with E-state index >= 15 is 0 Å². The van der Waals surface area contributed by atoms with Crippen molar-refractivity contribution in [2.45, 2.75) is 65.7 Å². The first-order valence-corrected chi connectivity index (χ1v) is 8.83. The molecule has 122 valence electrons. The van der Waals surface area contributed by atoms with Gasteiger partial charge in [-0.1, -0.05) is 38.0 Å². The van der Waals surface area contributed by atoms with Crippen LogP contribution in [-0.2, 0) is 4.79 Å². The molecule has 0 radical (unpaired) electrons. The van der Waals surface area contributed by atoms with Crippen LogP contribution in [0.25, 0.3) is 0 Å². The normalized spacial score (nSPS) is 47.9. The van der Waals surface area contributed by atoms with Gasteiger partial charge in [-0.25, -0.2) is 0 Å². The van der Waals surface area contributed by atoms with Gasteiger partial charge in [0.1, 0.15) is 0 Å². The highest BCUT2D eigenvalue weighted by Crippen LogP contribution is 2.63. The van der Waals surface area contributed by atoms with Crippen molar-refractivity contribution < 1.29 is 9.90 Å². The number of carbonyl (C=O) groups is 1. The molecule has 0 aromatic carbocycles. The molecule has 0 amide bonds. The standard InChI is InChI=1S/C20H30O2/c1-5-18(2)12-9-15-14(13-18)7-8-16-19(15,3)10-6-11-20(16,4)17(21)22/h5,9,14,16H,1,6-8,10-13H2,2-4H3,(H,21,22)/t14-,16-,18-,19-,20+/m0/s1. The molecule has 0 aromatic heterocycles. The molecule has 0 heterocycles. The van der Waals surface area contributed by atoms with E-state index in [0.717, 1.165) is 38.5 Å². The van der Waals surface area contributed by atoms with Crippen molar-refractivity contribution in [2.75, 3.05) is 0 Å². The Morgan fingerprint density at radius 3 is 2.68 bits per heavy atom. The van der Waals surface area contributed by atoms with Gasteiger partial charge in [-0.05, 0) is 68.1 Å². The molecule has 0 aromatic rings. The second kappa shape index (κ2) is 4.97. The molecular weight excluding hydrogens is 272 g/mol. The Balaban J connectivity index is 1.99. The van der Waals surface area contributed by atoms with Crippen molar-refractivity contribution in [3.8, 4) is 0 Å². The van der Waals surface area contributed by atoms with Gasteiger partial charge in [0, 0.05) is 0 Å². The van der Waals surface area contributed by atoms with E-state index in [9.17, 15) is 9.90 Å². The van der Waals surface area contributed by atoms with Crippen LogP contribution in [-0.4, -0.2) is 11.1 Å². The van der Waals surface area contributed by atoms with Gasteiger partial charge in [0.15, 0.2) is 0 Å². The van der Waals surface area contributed by atoms with Gasteiger partial charge in [-0.15, -0.1) is 6.58 Å². The van der Waals surface area contributed by atoms with Gasteiger partial charge in [0.2, 0.25) is 0 Å². The van der Waals surface area contributed by atoms with Crippen LogP contribution in [0, 0.1) is 28.1 Å². The van der Waals surface area contributed by atoms with Crippen LogP contribution in [0.4, 0.5) is 0 Å². The minimum atomic E-state index is -0.589. The van der Waals surface area contributed by atoms with Gasteiger partial charge < -0.3 is 5.11 Å². The fourth-order valence-electron chi connectivity index (χ4n) is 5.87. The molecular formula is C20H30O2. The number of aliphatic carboxylic acids is 1. The monoisotopic (exact) mass is 302 g/mol. The quantitative estimate of drug-likeness (QED) is 0.711. The van der Waals surface area contributed by atoms with Crippen LogP contribution in [0.15, 0.2) is 24.3 Å². The number of carboxylic acid groups (broad SMARTS) is 1. The lowest BCUT2D eigenvalue weighted by molar-refractivity contribution is -0.160. The van der Waals surface area contributed by atoms with Gasteiger partial charge >= 0.3 is 5.97 Å². The first-order chi connectivity index (χ1) is 10.3. The smallest absolute Gasteiger partial charge is 0.309 e. The number of hydrogen-bond donors (Lipinski definition) is 1. The minimum absolute atomic E-state index is 0.0941. The number of carboxylic acids is 1. The molecule has 2 saturated carbocycles. The van der Waals surface area contributed by atoms with Gasteiger partial charge in [0.25, 0.3) is 0 Å². The largest absolute Gasteiger partial charge is 0.481 e. The third-order valence-electron chi connectivity index (χ3n) is 7.32. The Bertz CT molecular complexity index is 534. The highest BCUT2D eigenvalue weighted by atomic mass is 16.4. The zero-order chi connectivity index (χ0) is 16.2. The summed E-state index contributed by atoms with van der Waals surface area (Å²) in [5.74, 6) is 0.338. The molecule has 5 atom stereocenters. The van der Waals surface area contributed by atoms with Crippen molar-refractivity contribution in [3.63, 3.8) is 0 Å². The number of allylic oxidation sites excluding steroid dienone is 3. The summed E-state index contributed by atoms with van der Waals surface area (Å²) in [5.41, 5.74) is 1.35. The van der Waals surface area contributed by atoms with Crippen molar-refractivity contribution in [3.05, 3.63) is 24.3 Å². The van der Waals surface area contributed by atoms with E-state index in [2.05, 4.69) is 32.6 Å². The summed E-state index contributed by atoms with van der Waals surface area (Å²) in [6.45, 7) is 10.7. The lowest BCUT2D eigenvalue weighted by Gasteiger charge is -2.58. The fourth-order valence-corrected chi connectivity index (χ4v) is 5.87. The molecule has 0 aliphatic heterocycles. The van der Waals surface area contributed by atoms with Crippen LogP contribution in [0.5, 0.6) is 0 Å². The molecule has 2 fully saturated rings. The Morgan fingerprint density at radius 2 is 2.05 bits per heavy atom. The first-order valence-electron chi connectivity index (χ1n) is 8.83. The van der Waals surface area contributed by atoms with E-state index in [-0.39, 0.29) is 10.8 Å². The minimum Gasteiger partial charge on any atom is -0.481 e. The maximum Gasteiger partial charge on any atom is 0.309 e. The zero-order valence-corrected chi connectivity index (χ0v) is 14.3. The van der Waals surface area contributed by atoms with Gasteiger partial charge in [-0.3, -0.25) is 4.79 Å². The molecule has 3 aliphatic carbocycles. The maximum absolute atomic E-state index is 11.9. The van der Waals surface area contributed by atoms with E-state index in [1.54, 1.807) is 5.57 Å². The van der Waals surface area contributed by atoms with E-state index in [0.29, 0.717) is 11.8 Å². The highest BCUT2D eigenvalue weighted by molar-refractivity contribution is 5.75. The molecule has 0 saturated heterocycles. The van der Waals surface area contributed by atoms with Crippen molar-refractivity contribution in [1.29, 1.82) is 0 Å². The molecule has 3 rings (SSSR count). The Hall–Kier alpha value is -1.05. The van der Waals surface area contributed by atoms with Crippen LogP contribution in [0.1, 0.15) is 65.7 Å². The third-order valence-corrected chi connectivity index (χ3v) is 7.32. The van der Waals surface area contributed by atoms with Crippen LogP contribution < -0.4 is 0 Å². The molecule has 0 unspecified atom stereocenters. The molecule has 1 N–H and O–H groups in total. The summed E-state index contributed by atoms with van der Waals surface area (Å²) in [7, 11) is 0. The number of rotatable bonds is 2. The lowest BCUT2D eigenvalue weighted by Crippen LogP contribution is -2.52. The molecule has 0 bridgehead atoms. The topological polar surface area (TPSA) is 37.3 Å². The predicted octanol–water partition coefficient (Wildman–Crippen LogP) is 5.21. The van der Waals surface area contributed by atoms with E-state index in [4.69, 9.17) is 0 Å². The Morgan fingerprint density at radius 1 is 1.32 bits per heavy atom. The van der Waals surface area contributed by atoms with Crippen molar-refractivity contribution >= 4 is 5.97 Å². The summed E-state index contributed by atoms with van der Waals surface area (Å²) in [6.07, 6.45) is 12.1. The van der Waals surface area contributed by atoms with Crippen LogP contribution in [0.2, 0.25) is 0 Å². The zero-order valence-electron chi connectivity index (χ0n) is 14.3. The molecule has 22 heavy (non-hydrogen) atoms. The number of fused-ring (bicyclic) bond motifs is 3. The number of hydrogen-bond acceptors (Lipinski definition) is 1. The predicted molar refractivity (Wildman–Crippen MR) is 89.5 cm³/mol. The van der Waals surface area contributed by atoms with Crippen LogP contribution in [0.3, 0.4) is 0 Å². The van der Waals surface area contributed by atoms with E-state index in [1.165, 1.54) is 6.42 Å². The fraction of sp³-hybridized carbons (Fsp3) is 0.750. The highest BCUT2D eigenvalue weighted by Gasteiger charge is 2.57. The molecule has 0 spiro atoms. The summed E-state index contributed by atoms with van der Waals surface area (Å²) in [5, 5.41) is 9.84.